The van der Waals surface area contributed by atoms with Crippen molar-refractivity contribution < 1.29 is 13.6 Å². The van der Waals surface area contributed by atoms with Gasteiger partial charge < -0.3 is 5.32 Å². The zero-order chi connectivity index (χ0) is 27.2. The Kier molecular flexibility index (Phi) is 11.8. The number of nitrogens with zero attached hydrogens (tertiary/aromatic N) is 3. The predicted octanol–water partition coefficient (Wildman–Crippen LogP) is 7.59. The molecule has 1 atom stereocenters. The number of anilines is 1. The van der Waals surface area contributed by atoms with E-state index in [0.29, 0.717) is 42.1 Å². The largest absolute Gasteiger partial charge is 0.338 e. The minimum atomic E-state index is -2.28. The Morgan fingerprint density at radius 2 is 1.84 bits per heavy atom. The number of allylic oxidation sites excluding steroid dienone is 3. The molecule has 38 heavy (non-hydrogen) atoms. The van der Waals surface area contributed by atoms with Gasteiger partial charge >= 0.3 is 6.03 Å². The molecule has 0 spiro atoms. The summed E-state index contributed by atoms with van der Waals surface area (Å²) in [7, 11) is 0. The molecule has 0 aliphatic carbocycles. The van der Waals surface area contributed by atoms with Gasteiger partial charge in [-0.05, 0) is 67.7 Å². The van der Waals surface area contributed by atoms with Gasteiger partial charge in [-0.15, -0.1) is 0 Å². The second-order valence-electron chi connectivity index (χ2n) is 9.31. The summed E-state index contributed by atoms with van der Waals surface area (Å²) in [4.78, 5) is 25.9. The molecule has 2 aromatic heterocycles. The number of nitrogens with one attached hydrogen (secondary N) is 2. The van der Waals surface area contributed by atoms with E-state index < -0.39 is 6.43 Å². The van der Waals surface area contributed by atoms with Gasteiger partial charge in [-0.2, -0.15) is 0 Å². The molecular weight excluding hydrogens is 484 g/mol. The van der Waals surface area contributed by atoms with Crippen molar-refractivity contribution in [3.05, 3.63) is 78.6 Å². The number of fused-ring (bicyclic) bond motifs is 1. The number of halogens is 2. The molecule has 1 aromatic carbocycles. The number of hydrogen-bond donors (Lipinski definition) is 2. The van der Waals surface area contributed by atoms with Crippen molar-refractivity contribution in [1.29, 1.82) is 0 Å². The SMILES string of the molecule is C=C/C(=C\C(CCC)CCCC(F)F)c1cnc2ccc(NC(=O)NCCCCc3ccccc3)nc2n1. The van der Waals surface area contributed by atoms with Gasteiger partial charge in [0.05, 0.1) is 11.9 Å². The number of carbonyl (C=O) groups is 1. The highest BCUT2D eigenvalue weighted by molar-refractivity contribution is 5.89. The van der Waals surface area contributed by atoms with Crippen LogP contribution in [0.1, 0.15) is 63.1 Å². The molecule has 2 heterocycles. The molecule has 202 valence electrons. The van der Waals surface area contributed by atoms with Crippen molar-refractivity contribution in [3.8, 4) is 0 Å². The van der Waals surface area contributed by atoms with E-state index in [1.807, 2.05) is 24.3 Å². The summed E-state index contributed by atoms with van der Waals surface area (Å²) in [6, 6.07) is 13.4. The Labute approximate surface area is 223 Å². The number of urea groups is 1. The van der Waals surface area contributed by atoms with Crippen LogP contribution in [-0.2, 0) is 6.42 Å². The van der Waals surface area contributed by atoms with Crippen LogP contribution in [0.4, 0.5) is 19.4 Å². The maximum absolute atomic E-state index is 12.6. The normalized spacial score (nSPS) is 12.5. The first kappa shape index (κ1) is 28.9. The molecular formula is C30H37F2N5O. The van der Waals surface area contributed by atoms with Gasteiger partial charge in [-0.25, -0.2) is 23.5 Å². The standard InChI is InChI=1S/C30H37F2N5O/c1-3-11-23(15-10-16-27(31)32)20-24(4-2)26-21-34-25-17-18-28(36-29(25)35-26)37-30(38)33-19-9-8-14-22-12-6-5-7-13-22/h4-7,12-13,17-18,20-21,23,27H,2-3,8-11,14-16,19H2,1H3,(H2,33,35,36,37,38)/b24-20+. The smallest absolute Gasteiger partial charge is 0.320 e. The third kappa shape index (κ3) is 9.65. The van der Waals surface area contributed by atoms with E-state index in [0.717, 1.165) is 37.7 Å². The van der Waals surface area contributed by atoms with Gasteiger partial charge in [0.15, 0.2) is 5.65 Å². The zero-order valence-corrected chi connectivity index (χ0v) is 22.0. The Balaban J connectivity index is 1.59. The van der Waals surface area contributed by atoms with Crippen LogP contribution in [0.5, 0.6) is 0 Å². The second-order valence-corrected chi connectivity index (χ2v) is 9.31. The molecule has 0 aliphatic heterocycles. The highest BCUT2D eigenvalue weighted by Gasteiger charge is 2.12. The minimum Gasteiger partial charge on any atom is -0.338 e. The number of unbranched alkanes of at least 4 members (excludes halogenated alkanes) is 1. The van der Waals surface area contributed by atoms with Crippen molar-refractivity contribution in [3.63, 3.8) is 0 Å². The van der Waals surface area contributed by atoms with E-state index >= 15 is 0 Å². The van der Waals surface area contributed by atoms with Crippen molar-refractivity contribution in [2.45, 2.75) is 64.7 Å². The fourth-order valence-electron chi connectivity index (χ4n) is 4.30. The van der Waals surface area contributed by atoms with Crippen LogP contribution in [0.3, 0.4) is 0 Å². The molecule has 0 radical (unpaired) electrons. The Bertz CT molecular complexity index is 1200. The highest BCUT2D eigenvalue weighted by atomic mass is 19.3. The molecule has 3 aromatic rings. The monoisotopic (exact) mass is 521 g/mol. The molecule has 3 rings (SSSR count). The predicted molar refractivity (Wildman–Crippen MR) is 150 cm³/mol. The molecule has 6 nitrogen and oxygen atoms in total. The van der Waals surface area contributed by atoms with Crippen LogP contribution in [0.15, 0.2) is 67.4 Å². The Hall–Kier alpha value is -3.68. The van der Waals surface area contributed by atoms with Crippen LogP contribution < -0.4 is 10.6 Å². The summed E-state index contributed by atoms with van der Waals surface area (Å²) in [5, 5.41) is 5.63. The number of rotatable bonds is 15. The first-order valence-electron chi connectivity index (χ1n) is 13.3. The Morgan fingerprint density at radius 1 is 1.03 bits per heavy atom. The molecule has 0 saturated heterocycles. The highest BCUT2D eigenvalue weighted by Crippen LogP contribution is 2.24. The summed E-state index contributed by atoms with van der Waals surface area (Å²) in [5.41, 5.74) is 3.70. The van der Waals surface area contributed by atoms with E-state index in [1.54, 1.807) is 24.4 Å². The molecule has 2 N–H and O–H groups in total. The third-order valence-corrected chi connectivity index (χ3v) is 6.26. The lowest BCUT2D eigenvalue weighted by Gasteiger charge is -2.14. The zero-order valence-electron chi connectivity index (χ0n) is 22.0. The maximum atomic E-state index is 12.6. The first-order chi connectivity index (χ1) is 18.5. The van der Waals surface area contributed by atoms with Crippen LogP contribution >= 0.6 is 0 Å². The number of carbonyl (C=O) groups excluding carboxylic acids is 1. The average Bonchev–Trinajstić information content (AvgIpc) is 2.91. The van der Waals surface area contributed by atoms with Crippen LogP contribution in [0.25, 0.3) is 16.7 Å². The van der Waals surface area contributed by atoms with Gasteiger partial charge in [-0.3, -0.25) is 10.3 Å². The van der Waals surface area contributed by atoms with Gasteiger partial charge in [0.2, 0.25) is 6.43 Å². The van der Waals surface area contributed by atoms with Crippen molar-refractivity contribution in [2.75, 3.05) is 11.9 Å². The van der Waals surface area contributed by atoms with Crippen molar-refractivity contribution in [2.24, 2.45) is 5.92 Å². The summed E-state index contributed by atoms with van der Waals surface area (Å²) in [5.74, 6) is 0.535. The lowest BCUT2D eigenvalue weighted by atomic mass is 9.93. The Morgan fingerprint density at radius 3 is 2.58 bits per heavy atom. The van der Waals surface area contributed by atoms with E-state index in [2.05, 4.69) is 51.2 Å². The molecule has 8 heteroatoms. The summed E-state index contributed by atoms with van der Waals surface area (Å²) >= 11 is 0. The quantitative estimate of drug-likeness (QED) is 0.159. The topological polar surface area (TPSA) is 79.8 Å². The van der Waals surface area contributed by atoms with Crippen molar-refractivity contribution >= 4 is 28.6 Å². The molecule has 0 bridgehead atoms. The van der Waals surface area contributed by atoms with Crippen LogP contribution in [0.2, 0.25) is 0 Å². The minimum absolute atomic E-state index is 0.0891. The summed E-state index contributed by atoms with van der Waals surface area (Å²) in [6.07, 6.45) is 8.90. The van der Waals surface area contributed by atoms with Gasteiger partial charge in [0, 0.05) is 13.0 Å². The second kappa shape index (κ2) is 15.5. The summed E-state index contributed by atoms with van der Waals surface area (Å²) < 4.78 is 25.2. The molecule has 0 saturated carbocycles. The third-order valence-electron chi connectivity index (χ3n) is 6.26. The van der Waals surface area contributed by atoms with E-state index in [-0.39, 0.29) is 18.4 Å². The molecule has 0 aliphatic rings. The number of alkyl halides is 2. The first-order valence-corrected chi connectivity index (χ1v) is 13.3. The fraction of sp³-hybridized carbons (Fsp3) is 0.400. The number of amides is 2. The average molecular weight is 522 g/mol. The van der Waals surface area contributed by atoms with Gasteiger partial charge in [0.25, 0.3) is 0 Å². The van der Waals surface area contributed by atoms with Crippen LogP contribution in [-0.4, -0.2) is 34.0 Å². The molecule has 1 unspecified atom stereocenters. The van der Waals surface area contributed by atoms with Gasteiger partial charge in [0.1, 0.15) is 11.3 Å². The lowest BCUT2D eigenvalue weighted by molar-refractivity contribution is 0.132. The van der Waals surface area contributed by atoms with E-state index in [4.69, 9.17) is 0 Å². The number of aromatic nitrogens is 3. The number of hydrogen-bond acceptors (Lipinski definition) is 4. The maximum Gasteiger partial charge on any atom is 0.320 e. The van der Waals surface area contributed by atoms with Gasteiger partial charge in [-0.1, -0.05) is 62.4 Å². The van der Waals surface area contributed by atoms with E-state index in [1.165, 1.54) is 5.56 Å². The van der Waals surface area contributed by atoms with E-state index in [9.17, 15) is 13.6 Å². The summed E-state index contributed by atoms with van der Waals surface area (Å²) in [6.45, 7) is 6.56. The number of benzene rings is 1. The lowest BCUT2D eigenvalue weighted by Crippen LogP contribution is -2.29. The fourth-order valence-corrected chi connectivity index (χ4v) is 4.30. The van der Waals surface area contributed by atoms with Crippen LogP contribution in [0, 0.1) is 5.92 Å². The molecule has 0 fully saturated rings. The number of aryl methyl sites for hydroxylation is 1. The molecule has 2 amide bonds. The number of pyridine rings is 1. The van der Waals surface area contributed by atoms with Crippen molar-refractivity contribution in [1.82, 2.24) is 20.3 Å².